The number of fused-ring (bicyclic) bond motifs is 1. The second-order valence-electron chi connectivity index (χ2n) is 9.53. The molecule has 0 heterocycles. The van der Waals surface area contributed by atoms with Crippen molar-refractivity contribution in [2.75, 3.05) is 5.32 Å². The zero-order chi connectivity index (χ0) is 27.6. The summed E-state index contributed by atoms with van der Waals surface area (Å²) in [5, 5.41) is 2.87. The van der Waals surface area contributed by atoms with Crippen LogP contribution in [0.25, 0.3) is 11.1 Å². The highest BCUT2D eigenvalue weighted by Gasteiger charge is 2.30. The summed E-state index contributed by atoms with van der Waals surface area (Å²) in [5.41, 5.74) is 3.78. The fourth-order valence-corrected chi connectivity index (χ4v) is 6.23. The van der Waals surface area contributed by atoms with Gasteiger partial charge in [0.2, 0.25) is 10.0 Å². The van der Waals surface area contributed by atoms with E-state index in [4.69, 9.17) is 0 Å². The van der Waals surface area contributed by atoms with E-state index in [9.17, 15) is 26.4 Å². The quantitative estimate of drug-likeness (QED) is 0.287. The molecule has 0 bridgehead atoms. The molecule has 1 aliphatic carbocycles. The van der Waals surface area contributed by atoms with E-state index < -0.39 is 27.7 Å². The number of sulfonamides is 1. The summed E-state index contributed by atoms with van der Waals surface area (Å²) >= 11 is 0. The highest BCUT2D eigenvalue weighted by Crippen LogP contribution is 2.32. The number of rotatable bonds is 7. The molecular weight excluding hydrogens is 525 g/mol. The van der Waals surface area contributed by atoms with E-state index >= 15 is 0 Å². The van der Waals surface area contributed by atoms with Crippen LogP contribution in [0.4, 0.5) is 18.9 Å². The summed E-state index contributed by atoms with van der Waals surface area (Å²) in [4.78, 5) is 13.2. The first kappa shape index (κ1) is 26.6. The standard InChI is InChI=1S/C30H25F3N2O3S/c31-30(32,33)24-13-10-21(11-14-24)27-8-4-5-9-28(27)29(36)34-25-15-12-22-16-26(18-23(22)17-25)35-39(37,38)19-20-6-2-1-3-7-20/h1-15,17,26,35H,16,18-19H2,(H,34,36). The lowest BCUT2D eigenvalue weighted by Gasteiger charge is -2.13. The zero-order valence-corrected chi connectivity index (χ0v) is 21.5. The molecule has 0 saturated carbocycles. The van der Waals surface area contributed by atoms with Crippen LogP contribution in [-0.2, 0) is 34.8 Å². The summed E-state index contributed by atoms with van der Waals surface area (Å²) in [6.45, 7) is 0. The fraction of sp³-hybridized carbons (Fsp3) is 0.167. The maximum Gasteiger partial charge on any atom is 0.416 e. The molecule has 5 nitrogen and oxygen atoms in total. The van der Waals surface area contributed by atoms with Crippen molar-refractivity contribution in [2.45, 2.75) is 30.8 Å². The largest absolute Gasteiger partial charge is 0.416 e. The van der Waals surface area contributed by atoms with E-state index in [1.807, 2.05) is 18.2 Å². The Morgan fingerprint density at radius 2 is 1.49 bits per heavy atom. The Balaban J connectivity index is 1.27. The first-order valence-corrected chi connectivity index (χ1v) is 14.0. The van der Waals surface area contributed by atoms with Gasteiger partial charge in [0.25, 0.3) is 5.91 Å². The van der Waals surface area contributed by atoms with Gasteiger partial charge in [-0.15, -0.1) is 0 Å². The van der Waals surface area contributed by atoms with Gasteiger partial charge in [-0.25, -0.2) is 13.1 Å². The Morgan fingerprint density at radius 3 is 2.21 bits per heavy atom. The smallest absolute Gasteiger partial charge is 0.322 e. The minimum atomic E-state index is -4.44. The van der Waals surface area contributed by atoms with Gasteiger partial charge in [0.1, 0.15) is 0 Å². The summed E-state index contributed by atoms with van der Waals surface area (Å²) in [6, 6.07) is 25.6. The number of alkyl halides is 3. The molecule has 0 aromatic heterocycles. The van der Waals surface area contributed by atoms with E-state index in [0.29, 0.717) is 40.8 Å². The van der Waals surface area contributed by atoms with Crippen LogP contribution in [0, 0.1) is 0 Å². The highest BCUT2D eigenvalue weighted by atomic mass is 32.2. The number of nitrogens with one attached hydrogen (secondary N) is 2. The second-order valence-corrected chi connectivity index (χ2v) is 11.3. The maximum absolute atomic E-state index is 13.2. The number of carbonyl (C=O) groups excluding carboxylic acids is 1. The fourth-order valence-electron chi connectivity index (χ4n) is 4.84. The molecular formula is C30H25F3N2O3S. The summed E-state index contributed by atoms with van der Waals surface area (Å²) in [6.07, 6.45) is -3.40. The van der Waals surface area contributed by atoms with Gasteiger partial charge in [-0.1, -0.05) is 66.7 Å². The van der Waals surface area contributed by atoms with E-state index in [0.717, 1.165) is 23.3 Å². The molecule has 4 aromatic rings. The van der Waals surface area contributed by atoms with Crippen molar-refractivity contribution in [3.05, 3.63) is 125 Å². The van der Waals surface area contributed by atoms with E-state index in [1.54, 1.807) is 54.6 Å². The van der Waals surface area contributed by atoms with Crippen molar-refractivity contribution in [1.29, 1.82) is 0 Å². The van der Waals surface area contributed by atoms with Gasteiger partial charge in [0, 0.05) is 17.3 Å². The molecule has 0 spiro atoms. The topological polar surface area (TPSA) is 75.3 Å². The third-order valence-corrected chi connectivity index (χ3v) is 8.04. The van der Waals surface area contributed by atoms with Gasteiger partial charge in [-0.2, -0.15) is 13.2 Å². The minimum absolute atomic E-state index is 0.0969. The molecule has 1 atom stereocenters. The van der Waals surface area contributed by atoms with Crippen LogP contribution in [0.1, 0.15) is 32.6 Å². The third-order valence-electron chi connectivity index (χ3n) is 6.64. The predicted octanol–water partition coefficient (Wildman–Crippen LogP) is 6.21. The second kappa shape index (κ2) is 10.7. The molecule has 0 radical (unpaired) electrons. The minimum Gasteiger partial charge on any atom is -0.322 e. The monoisotopic (exact) mass is 550 g/mol. The Morgan fingerprint density at radius 1 is 0.821 bits per heavy atom. The first-order valence-electron chi connectivity index (χ1n) is 12.3. The van der Waals surface area contributed by atoms with Crippen LogP contribution in [0.2, 0.25) is 0 Å². The molecule has 1 unspecified atom stereocenters. The van der Waals surface area contributed by atoms with Crippen LogP contribution in [0.5, 0.6) is 0 Å². The number of anilines is 1. The van der Waals surface area contributed by atoms with Gasteiger partial charge in [0.05, 0.1) is 11.3 Å². The summed E-state index contributed by atoms with van der Waals surface area (Å²) < 4.78 is 67.0. The van der Waals surface area contributed by atoms with Crippen molar-refractivity contribution < 1.29 is 26.4 Å². The third kappa shape index (κ3) is 6.38. The Hall–Kier alpha value is -3.95. The van der Waals surface area contributed by atoms with Crippen molar-refractivity contribution in [1.82, 2.24) is 4.72 Å². The summed E-state index contributed by atoms with van der Waals surface area (Å²) in [5.74, 6) is -0.496. The molecule has 4 aromatic carbocycles. The lowest BCUT2D eigenvalue weighted by atomic mass is 9.98. The van der Waals surface area contributed by atoms with Crippen LogP contribution in [-0.4, -0.2) is 20.4 Å². The number of hydrogen-bond acceptors (Lipinski definition) is 3. The number of benzene rings is 4. The molecule has 1 aliphatic rings. The van der Waals surface area contributed by atoms with Crippen molar-refractivity contribution in [2.24, 2.45) is 0 Å². The molecule has 0 aliphatic heterocycles. The average Bonchev–Trinajstić information content (AvgIpc) is 3.29. The predicted molar refractivity (Wildman–Crippen MR) is 145 cm³/mol. The van der Waals surface area contributed by atoms with E-state index in [-0.39, 0.29) is 11.8 Å². The number of amides is 1. The molecule has 5 rings (SSSR count). The van der Waals surface area contributed by atoms with Crippen molar-refractivity contribution >= 4 is 21.6 Å². The van der Waals surface area contributed by atoms with Crippen molar-refractivity contribution in [3.8, 4) is 11.1 Å². The molecule has 2 N–H and O–H groups in total. The van der Waals surface area contributed by atoms with Gasteiger partial charge in [0.15, 0.2) is 0 Å². The summed E-state index contributed by atoms with van der Waals surface area (Å²) in [7, 11) is -3.53. The molecule has 200 valence electrons. The number of halogens is 3. The highest BCUT2D eigenvalue weighted by molar-refractivity contribution is 7.88. The molecule has 39 heavy (non-hydrogen) atoms. The average molecular weight is 551 g/mol. The molecule has 0 saturated heterocycles. The number of carbonyl (C=O) groups is 1. The maximum atomic E-state index is 13.2. The number of hydrogen-bond donors (Lipinski definition) is 2. The van der Waals surface area contributed by atoms with Gasteiger partial charge < -0.3 is 5.32 Å². The van der Waals surface area contributed by atoms with Crippen LogP contribution < -0.4 is 10.0 Å². The van der Waals surface area contributed by atoms with E-state index in [2.05, 4.69) is 10.0 Å². The molecule has 1 amide bonds. The van der Waals surface area contributed by atoms with Crippen LogP contribution in [0.3, 0.4) is 0 Å². The van der Waals surface area contributed by atoms with Crippen LogP contribution in [0.15, 0.2) is 97.1 Å². The van der Waals surface area contributed by atoms with Crippen molar-refractivity contribution in [3.63, 3.8) is 0 Å². The van der Waals surface area contributed by atoms with Gasteiger partial charge >= 0.3 is 6.18 Å². The molecule has 9 heteroatoms. The SMILES string of the molecule is O=C(Nc1ccc2c(c1)CC(NS(=O)(=O)Cc1ccccc1)C2)c1ccccc1-c1ccc(C(F)(F)F)cc1. The van der Waals surface area contributed by atoms with Gasteiger partial charge in [-0.3, -0.25) is 4.79 Å². The van der Waals surface area contributed by atoms with Crippen LogP contribution >= 0.6 is 0 Å². The Kier molecular flexibility index (Phi) is 7.29. The Labute approximate surface area is 224 Å². The Bertz CT molecular complexity index is 1600. The zero-order valence-electron chi connectivity index (χ0n) is 20.7. The van der Waals surface area contributed by atoms with E-state index in [1.165, 1.54) is 12.1 Å². The molecule has 0 fully saturated rings. The normalized spacial score (nSPS) is 15.1. The lowest BCUT2D eigenvalue weighted by molar-refractivity contribution is -0.137. The van der Waals surface area contributed by atoms with Gasteiger partial charge in [-0.05, 0) is 71.0 Å². The first-order chi connectivity index (χ1) is 18.6. The lowest BCUT2D eigenvalue weighted by Crippen LogP contribution is -2.36.